The van der Waals surface area contributed by atoms with Gasteiger partial charge in [-0.2, -0.15) is 0 Å². The molecule has 1 aromatic heterocycles. The van der Waals surface area contributed by atoms with Crippen molar-refractivity contribution in [3.05, 3.63) is 30.0 Å². The van der Waals surface area contributed by atoms with E-state index in [9.17, 15) is 9.18 Å². The molecular formula is C14H17FN2O3. The molecule has 2 aromatic rings. The van der Waals surface area contributed by atoms with Crippen molar-refractivity contribution in [2.75, 3.05) is 13.7 Å². The Morgan fingerprint density at radius 1 is 1.50 bits per heavy atom. The van der Waals surface area contributed by atoms with Crippen LogP contribution in [0.1, 0.15) is 18.5 Å². The molecule has 2 rings (SSSR count). The standard InChI is InChI=1S/C14H17FN2O3/c1-3-20-14(18)12(15)13(16)10-7-17-11-5-4-8(19-2)6-9(10)11/h4-7,12-13,17H,3,16H2,1-2H3/t12?,13-/m0/s1. The van der Waals surface area contributed by atoms with E-state index in [0.29, 0.717) is 11.3 Å². The number of halogens is 1. The summed E-state index contributed by atoms with van der Waals surface area (Å²) < 4.78 is 23.8. The maximum absolute atomic E-state index is 14.0. The van der Waals surface area contributed by atoms with Gasteiger partial charge < -0.3 is 20.2 Å². The number of fused-ring (bicyclic) bond motifs is 1. The number of rotatable bonds is 5. The first kappa shape index (κ1) is 14.3. The fraction of sp³-hybridized carbons (Fsp3) is 0.357. The number of alkyl halides is 1. The van der Waals surface area contributed by atoms with E-state index >= 15 is 0 Å². The maximum Gasteiger partial charge on any atom is 0.342 e. The summed E-state index contributed by atoms with van der Waals surface area (Å²) in [7, 11) is 1.55. The normalized spacial score (nSPS) is 14.0. The lowest BCUT2D eigenvalue weighted by molar-refractivity contribution is -0.149. The summed E-state index contributed by atoms with van der Waals surface area (Å²) in [6.45, 7) is 1.74. The van der Waals surface area contributed by atoms with Crippen LogP contribution in [0.25, 0.3) is 10.9 Å². The average molecular weight is 280 g/mol. The third kappa shape index (κ3) is 2.60. The van der Waals surface area contributed by atoms with E-state index in [4.69, 9.17) is 10.5 Å². The van der Waals surface area contributed by atoms with Gasteiger partial charge in [0.1, 0.15) is 5.75 Å². The zero-order chi connectivity index (χ0) is 14.7. The van der Waals surface area contributed by atoms with Crippen LogP contribution in [-0.2, 0) is 9.53 Å². The van der Waals surface area contributed by atoms with Crippen molar-refractivity contribution in [2.24, 2.45) is 5.73 Å². The molecule has 1 unspecified atom stereocenters. The summed E-state index contributed by atoms with van der Waals surface area (Å²) in [6, 6.07) is 4.25. The number of hydrogen-bond donors (Lipinski definition) is 2. The van der Waals surface area contributed by atoms with Crippen molar-refractivity contribution in [3.63, 3.8) is 0 Å². The number of methoxy groups -OCH3 is 1. The lowest BCUT2D eigenvalue weighted by Gasteiger charge is -2.15. The van der Waals surface area contributed by atoms with E-state index in [1.807, 2.05) is 6.07 Å². The molecule has 0 aliphatic heterocycles. The van der Waals surface area contributed by atoms with Gasteiger partial charge in [0.15, 0.2) is 0 Å². The minimum Gasteiger partial charge on any atom is -0.497 e. The highest BCUT2D eigenvalue weighted by molar-refractivity contribution is 5.86. The monoisotopic (exact) mass is 280 g/mol. The SMILES string of the molecule is CCOC(=O)C(F)[C@@H](N)c1c[nH]c2ccc(OC)cc12. The highest BCUT2D eigenvalue weighted by Crippen LogP contribution is 2.29. The molecule has 3 N–H and O–H groups in total. The Balaban J connectivity index is 2.34. The lowest BCUT2D eigenvalue weighted by atomic mass is 10.0. The molecule has 6 heteroatoms. The second-order valence-corrected chi connectivity index (χ2v) is 4.34. The smallest absolute Gasteiger partial charge is 0.342 e. The fourth-order valence-corrected chi connectivity index (χ4v) is 2.05. The average Bonchev–Trinajstić information content (AvgIpc) is 2.88. The zero-order valence-corrected chi connectivity index (χ0v) is 11.4. The van der Waals surface area contributed by atoms with Gasteiger partial charge in [-0.15, -0.1) is 0 Å². The van der Waals surface area contributed by atoms with Crippen LogP contribution in [0.15, 0.2) is 24.4 Å². The van der Waals surface area contributed by atoms with Crippen molar-refractivity contribution in [1.29, 1.82) is 0 Å². The molecule has 0 amide bonds. The fourth-order valence-electron chi connectivity index (χ4n) is 2.05. The third-order valence-electron chi connectivity index (χ3n) is 3.11. The van der Waals surface area contributed by atoms with Crippen molar-refractivity contribution >= 4 is 16.9 Å². The van der Waals surface area contributed by atoms with Gasteiger partial charge in [0.05, 0.1) is 19.8 Å². The summed E-state index contributed by atoms with van der Waals surface area (Å²) >= 11 is 0. The molecule has 1 aromatic carbocycles. The van der Waals surface area contributed by atoms with Crippen molar-refractivity contribution in [3.8, 4) is 5.75 Å². The van der Waals surface area contributed by atoms with Crippen LogP contribution >= 0.6 is 0 Å². The van der Waals surface area contributed by atoms with Gasteiger partial charge in [-0.1, -0.05) is 0 Å². The highest BCUT2D eigenvalue weighted by atomic mass is 19.1. The molecule has 0 bridgehead atoms. The Morgan fingerprint density at radius 2 is 2.25 bits per heavy atom. The number of aromatic nitrogens is 1. The van der Waals surface area contributed by atoms with Crippen LogP contribution in [0.2, 0.25) is 0 Å². The van der Waals surface area contributed by atoms with E-state index in [-0.39, 0.29) is 6.61 Å². The van der Waals surface area contributed by atoms with Crippen molar-refractivity contribution < 1.29 is 18.7 Å². The quantitative estimate of drug-likeness (QED) is 0.822. The molecule has 20 heavy (non-hydrogen) atoms. The van der Waals surface area contributed by atoms with Crippen LogP contribution in [0, 0.1) is 0 Å². The Morgan fingerprint density at radius 3 is 2.90 bits per heavy atom. The number of ether oxygens (including phenoxy) is 2. The summed E-state index contributed by atoms with van der Waals surface area (Å²) in [5.74, 6) is -0.311. The molecule has 0 saturated heterocycles. The molecule has 0 saturated carbocycles. The molecule has 0 aliphatic carbocycles. The molecule has 108 valence electrons. The lowest BCUT2D eigenvalue weighted by Crippen LogP contribution is -2.31. The second-order valence-electron chi connectivity index (χ2n) is 4.34. The predicted octanol–water partition coefficient (Wildman–Crippen LogP) is 2.08. The molecule has 1 heterocycles. The van der Waals surface area contributed by atoms with E-state index < -0.39 is 18.2 Å². The van der Waals surface area contributed by atoms with E-state index in [2.05, 4.69) is 9.72 Å². The Bertz CT molecular complexity index is 611. The largest absolute Gasteiger partial charge is 0.497 e. The summed E-state index contributed by atoms with van der Waals surface area (Å²) in [6.07, 6.45) is -0.305. The second kappa shape index (κ2) is 5.92. The number of carbonyl (C=O) groups is 1. The van der Waals surface area contributed by atoms with Gasteiger partial charge in [0.2, 0.25) is 6.17 Å². The summed E-state index contributed by atoms with van der Waals surface area (Å²) in [5.41, 5.74) is 7.15. The van der Waals surface area contributed by atoms with E-state index in [1.165, 1.54) is 0 Å². The van der Waals surface area contributed by atoms with Gasteiger partial charge in [-0.3, -0.25) is 0 Å². The van der Waals surface area contributed by atoms with Crippen LogP contribution in [-0.4, -0.2) is 30.8 Å². The first-order valence-electron chi connectivity index (χ1n) is 6.29. The molecule has 0 radical (unpaired) electrons. The summed E-state index contributed by atoms with van der Waals surface area (Å²) in [5, 5.41) is 0.726. The van der Waals surface area contributed by atoms with Gasteiger partial charge in [-0.05, 0) is 30.7 Å². The number of hydrogen-bond acceptors (Lipinski definition) is 4. The number of benzene rings is 1. The molecular weight excluding hydrogens is 263 g/mol. The Labute approximate surface area is 115 Å². The number of carbonyl (C=O) groups excluding carboxylic acids is 1. The topological polar surface area (TPSA) is 77.3 Å². The molecule has 0 aliphatic rings. The first-order valence-corrected chi connectivity index (χ1v) is 6.29. The maximum atomic E-state index is 14.0. The zero-order valence-electron chi connectivity index (χ0n) is 11.4. The number of esters is 1. The molecule has 0 fully saturated rings. The Hall–Kier alpha value is -2.08. The van der Waals surface area contributed by atoms with E-state index in [0.717, 1.165) is 10.9 Å². The minimum absolute atomic E-state index is 0.119. The van der Waals surface area contributed by atoms with Crippen LogP contribution in [0.5, 0.6) is 5.75 Å². The number of H-pyrrole nitrogens is 1. The highest BCUT2D eigenvalue weighted by Gasteiger charge is 2.29. The first-order chi connectivity index (χ1) is 9.58. The van der Waals surface area contributed by atoms with Crippen LogP contribution in [0.3, 0.4) is 0 Å². The minimum atomic E-state index is -1.90. The van der Waals surface area contributed by atoms with Gasteiger partial charge in [-0.25, -0.2) is 9.18 Å². The molecule has 2 atom stereocenters. The van der Waals surface area contributed by atoms with Crippen LogP contribution < -0.4 is 10.5 Å². The summed E-state index contributed by atoms with van der Waals surface area (Å²) in [4.78, 5) is 14.4. The number of nitrogens with one attached hydrogen (secondary N) is 1. The molecule has 0 spiro atoms. The Kier molecular flexibility index (Phi) is 4.24. The third-order valence-corrected chi connectivity index (χ3v) is 3.11. The molecule has 5 nitrogen and oxygen atoms in total. The number of nitrogens with two attached hydrogens (primary N) is 1. The van der Waals surface area contributed by atoms with E-state index in [1.54, 1.807) is 32.4 Å². The van der Waals surface area contributed by atoms with Gasteiger partial charge in [0, 0.05) is 17.1 Å². The number of aromatic amines is 1. The van der Waals surface area contributed by atoms with Gasteiger partial charge in [0.25, 0.3) is 0 Å². The van der Waals surface area contributed by atoms with Crippen LogP contribution in [0.4, 0.5) is 4.39 Å². The predicted molar refractivity (Wildman–Crippen MR) is 73.3 cm³/mol. The van der Waals surface area contributed by atoms with Gasteiger partial charge >= 0.3 is 5.97 Å². The van der Waals surface area contributed by atoms with Crippen molar-refractivity contribution in [2.45, 2.75) is 19.1 Å². The van der Waals surface area contributed by atoms with Crippen molar-refractivity contribution in [1.82, 2.24) is 4.98 Å².